The summed E-state index contributed by atoms with van der Waals surface area (Å²) < 4.78 is 0. The lowest BCUT2D eigenvalue weighted by atomic mass is 9.97. The highest BCUT2D eigenvalue weighted by Gasteiger charge is 2.24. The summed E-state index contributed by atoms with van der Waals surface area (Å²) in [5.41, 5.74) is 1.04. The molecule has 0 aliphatic carbocycles. The number of halogens is 1. The molecule has 6 heteroatoms. The minimum atomic E-state index is -0.209. The Morgan fingerprint density at radius 1 is 1.41 bits per heavy atom. The molecule has 1 aromatic rings. The first-order chi connectivity index (χ1) is 10.5. The lowest BCUT2D eigenvalue weighted by Crippen LogP contribution is -2.38. The van der Waals surface area contributed by atoms with E-state index in [1.165, 1.54) is 0 Å². The van der Waals surface area contributed by atoms with Crippen molar-refractivity contribution in [3.8, 4) is 0 Å². The minimum absolute atomic E-state index is 0.000548. The van der Waals surface area contributed by atoms with Crippen molar-refractivity contribution in [1.29, 1.82) is 0 Å². The van der Waals surface area contributed by atoms with Gasteiger partial charge in [0.1, 0.15) is 0 Å². The van der Waals surface area contributed by atoms with Crippen LogP contribution in [0.4, 0.5) is 5.69 Å². The first kappa shape index (κ1) is 16.8. The number of rotatable bonds is 4. The number of carbonyl (C=O) groups is 2. The van der Waals surface area contributed by atoms with Crippen molar-refractivity contribution >= 4 is 29.1 Å². The summed E-state index contributed by atoms with van der Waals surface area (Å²) in [6.45, 7) is 4.21. The number of likely N-dealkylation sites (tertiary alicyclic amines) is 1. The fourth-order valence-corrected chi connectivity index (χ4v) is 2.92. The monoisotopic (exact) mass is 323 g/mol. The van der Waals surface area contributed by atoms with Gasteiger partial charge in [0.05, 0.1) is 16.5 Å². The maximum Gasteiger partial charge on any atom is 0.252 e. The predicted octanol–water partition coefficient (Wildman–Crippen LogP) is 2.37. The van der Waals surface area contributed by atoms with Gasteiger partial charge in [0.25, 0.3) is 5.91 Å². The van der Waals surface area contributed by atoms with Gasteiger partial charge in [-0.25, -0.2) is 0 Å². The van der Waals surface area contributed by atoms with E-state index < -0.39 is 0 Å². The Labute approximate surface area is 136 Å². The molecule has 1 fully saturated rings. The van der Waals surface area contributed by atoms with Gasteiger partial charge >= 0.3 is 0 Å². The van der Waals surface area contributed by atoms with Crippen molar-refractivity contribution in [2.45, 2.75) is 19.8 Å². The molecule has 1 aliphatic rings. The highest BCUT2D eigenvalue weighted by atomic mass is 35.5. The van der Waals surface area contributed by atoms with E-state index in [2.05, 4.69) is 15.5 Å². The maximum absolute atomic E-state index is 12.3. The van der Waals surface area contributed by atoms with Crippen LogP contribution >= 0.6 is 11.6 Å². The number of anilines is 1. The average molecular weight is 324 g/mol. The average Bonchev–Trinajstić information content (AvgIpc) is 2.47. The molecule has 2 N–H and O–H groups in total. The summed E-state index contributed by atoms with van der Waals surface area (Å²) >= 11 is 6.13. The Kier molecular flexibility index (Phi) is 5.80. The van der Waals surface area contributed by atoms with E-state index in [4.69, 9.17) is 11.6 Å². The number of hydrogen-bond acceptors (Lipinski definition) is 3. The van der Waals surface area contributed by atoms with Gasteiger partial charge in [-0.2, -0.15) is 0 Å². The second kappa shape index (κ2) is 7.61. The zero-order valence-electron chi connectivity index (χ0n) is 13.0. The number of carbonyl (C=O) groups excluding carboxylic acids is 2. The zero-order chi connectivity index (χ0) is 16.1. The van der Waals surface area contributed by atoms with Crippen LogP contribution in [0.25, 0.3) is 0 Å². The van der Waals surface area contributed by atoms with Gasteiger partial charge in [-0.3, -0.25) is 9.59 Å². The summed E-state index contributed by atoms with van der Waals surface area (Å²) in [5, 5.41) is 5.93. The first-order valence-corrected chi connectivity index (χ1v) is 7.96. The molecule has 1 unspecified atom stereocenters. The molecule has 0 saturated carbocycles. The predicted molar refractivity (Wildman–Crippen MR) is 88.3 cm³/mol. The van der Waals surface area contributed by atoms with Gasteiger partial charge in [-0.1, -0.05) is 11.6 Å². The highest BCUT2D eigenvalue weighted by Crippen LogP contribution is 2.23. The van der Waals surface area contributed by atoms with E-state index in [1.807, 2.05) is 14.0 Å². The van der Waals surface area contributed by atoms with Crippen LogP contribution in [0.2, 0.25) is 5.02 Å². The van der Waals surface area contributed by atoms with Crippen LogP contribution < -0.4 is 10.6 Å². The number of benzene rings is 1. The molecule has 0 spiro atoms. The number of nitrogens with one attached hydrogen (secondary N) is 2. The quantitative estimate of drug-likeness (QED) is 0.894. The SMILES string of the molecule is CCNC(=O)c1ccc(NC(=O)C2CCCN(C)C2)cc1Cl. The van der Waals surface area contributed by atoms with Gasteiger partial charge in [0, 0.05) is 18.8 Å². The minimum Gasteiger partial charge on any atom is -0.352 e. The number of nitrogens with zero attached hydrogens (tertiary/aromatic N) is 1. The molecule has 1 aromatic carbocycles. The number of hydrogen-bond donors (Lipinski definition) is 2. The van der Waals surface area contributed by atoms with Crippen molar-refractivity contribution in [2.24, 2.45) is 5.92 Å². The number of amides is 2. The second-order valence-corrected chi connectivity index (χ2v) is 6.05. The highest BCUT2D eigenvalue weighted by molar-refractivity contribution is 6.34. The molecule has 1 aliphatic heterocycles. The van der Waals surface area contributed by atoms with Gasteiger partial charge in [0.2, 0.25) is 5.91 Å². The molecule has 2 rings (SSSR count). The standard InChI is InChI=1S/C16H22ClN3O2/c1-3-18-16(22)13-7-6-12(9-14(13)17)19-15(21)11-5-4-8-20(2)10-11/h6-7,9,11H,3-5,8,10H2,1-2H3,(H,18,22)(H,19,21). The summed E-state index contributed by atoms with van der Waals surface area (Å²) in [6.07, 6.45) is 1.94. The third-order valence-electron chi connectivity index (χ3n) is 3.81. The summed E-state index contributed by atoms with van der Waals surface area (Å²) in [5.74, 6) is -0.201. The molecule has 0 aromatic heterocycles. The molecule has 2 amide bonds. The van der Waals surface area contributed by atoms with Crippen molar-refractivity contribution in [3.63, 3.8) is 0 Å². The summed E-state index contributed by atoms with van der Waals surface area (Å²) in [4.78, 5) is 26.2. The van der Waals surface area contributed by atoms with Gasteiger partial charge in [0.15, 0.2) is 0 Å². The first-order valence-electron chi connectivity index (χ1n) is 7.58. The Bertz CT molecular complexity index is 562. The largest absolute Gasteiger partial charge is 0.352 e. The molecule has 1 atom stereocenters. The Morgan fingerprint density at radius 3 is 2.82 bits per heavy atom. The van der Waals surface area contributed by atoms with E-state index in [9.17, 15) is 9.59 Å². The van der Waals surface area contributed by atoms with Crippen LogP contribution in [0, 0.1) is 5.92 Å². The van der Waals surface area contributed by atoms with Crippen LogP contribution in [0.3, 0.4) is 0 Å². The topological polar surface area (TPSA) is 61.4 Å². The Hall–Kier alpha value is -1.59. The lowest BCUT2D eigenvalue weighted by Gasteiger charge is -2.28. The molecule has 1 saturated heterocycles. The molecule has 0 bridgehead atoms. The lowest BCUT2D eigenvalue weighted by molar-refractivity contribution is -0.121. The summed E-state index contributed by atoms with van der Waals surface area (Å²) in [7, 11) is 2.03. The van der Waals surface area contributed by atoms with E-state index in [0.29, 0.717) is 22.8 Å². The van der Waals surface area contributed by atoms with Gasteiger partial charge in [-0.15, -0.1) is 0 Å². The zero-order valence-corrected chi connectivity index (χ0v) is 13.7. The molecular weight excluding hydrogens is 302 g/mol. The third kappa shape index (κ3) is 4.21. The third-order valence-corrected chi connectivity index (χ3v) is 4.13. The maximum atomic E-state index is 12.3. The van der Waals surface area contributed by atoms with Crippen molar-refractivity contribution in [2.75, 3.05) is 32.0 Å². The van der Waals surface area contributed by atoms with Gasteiger partial charge in [-0.05, 0) is 51.6 Å². The van der Waals surface area contributed by atoms with Crippen LogP contribution in [-0.2, 0) is 4.79 Å². The van der Waals surface area contributed by atoms with Crippen LogP contribution in [0.15, 0.2) is 18.2 Å². The summed E-state index contributed by atoms with van der Waals surface area (Å²) in [6, 6.07) is 4.97. The normalized spacial score (nSPS) is 18.8. The molecule has 22 heavy (non-hydrogen) atoms. The van der Waals surface area contributed by atoms with E-state index in [1.54, 1.807) is 18.2 Å². The Morgan fingerprint density at radius 2 is 2.18 bits per heavy atom. The van der Waals surface area contributed by atoms with Crippen molar-refractivity contribution in [1.82, 2.24) is 10.2 Å². The van der Waals surface area contributed by atoms with E-state index >= 15 is 0 Å². The van der Waals surface area contributed by atoms with E-state index in [0.717, 1.165) is 25.9 Å². The van der Waals surface area contributed by atoms with Crippen molar-refractivity contribution in [3.05, 3.63) is 28.8 Å². The second-order valence-electron chi connectivity index (χ2n) is 5.64. The number of piperidine rings is 1. The fraction of sp³-hybridized carbons (Fsp3) is 0.500. The van der Waals surface area contributed by atoms with Crippen LogP contribution in [0.5, 0.6) is 0 Å². The fourth-order valence-electron chi connectivity index (χ4n) is 2.66. The van der Waals surface area contributed by atoms with Crippen LogP contribution in [-0.4, -0.2) is 43.4 Å². The van der Waals surface area contributed by atoms with E-state index in [-0.39, 0.29) is 17.7 Å². The molecule has 1 heterocycles. The van der Waals surface area contributed by atoms with Crippen molar-refractivity contribution < 1.29 is 9.59 Å². The molecular formula is C16H22ClN3O2. The van der Waals surface area contributed by atoms with Gasteiger partial charge < -0.3 is 15.5 Å². The molecule has 0 radical (unpaired) electrons. The van der Waals surface area contributed by atoms with Crippen LogP contribution in [0.1, 0.15) is 30.1 Å². The molecule has 5 nitrogen and oxygen atoms in total. The smallest absolute Gasteiger partial charge is 0.252 e. The Balaban J connectivity index is 2.02. The molecule has 120 valence electrons.